The zero-order chi connectivity index (χ0) is 6.62. The quantitative estimate of drug-likeness (QED) is 0.559. The van der Waals surface area contributed by atoms with Crippen molar-refractivity contribution in [3.05, 3.63) is 0 Å². The first-order valence-corrected chi connectivity index (χ1v) is 3.78. The van der Waals surface area contributed by atoms with Gasteiger partial charge in [0.25, 0.3) is 0 Å². The number of alkyl halides is 1. The Kier molecular flexibility index (Phi) is 3.13. The van der Waals surface area contributed by atoms with Crippen LogP contribution in [0, 0.1) is 0 Å². The Morgan fingerprint density at radius 1 is 1.38 bits per heavy atom. The van der Waals surface area contributed by atoms with Crippen molar-refractivity contribution < 1.29 is 17.3 Å². The zero-order valence-electron chi connectivity index (χ0n) is 4.11. The molecule has 0 heterocycles. The molecule has 0 aromatic rings. The molecule has 0 bridgehead atoms. The van der Waals surface area contributed by atoms with Crippen molar-refractivity contribution in [2.45, 2.75) is 6.42 Å². The third-order valence-electron chi connectivity index (χ3n) is 0.552. The van der Waals surface area contributed by atoms with Gasteiger partial charge < -0.3 is 0 Å². The van der Waals surface area contributed by atoms with E-state index in [1.54, 1.807) is 0 Å². The Bertz CT molecular complexity index is 98.7. The highest BCUT2D eigenvalue weighted by molar-refractivity contribution is 7.52. The van der Waals surface area contributed by atoms with Crippen molar-refractivity contribution in [2.24, 2.45) is 0 Å². The molecule has 0 N–H and O–H groups in total. The lowest BCUT2D eigenvalue weighted by molar-refractivity contribution is 0.461. The Morgan fingerprint density at radius 2 is 1.88 bits per heavy atom. The van der Waals surface area contributed by atoms with Gasteiger partial charge in [-0.05, 0) is 6.42 Å². The van der Waals surface area contributed by atoms with Crippen LogP contribution in [0.25, 0.3) is 0 Å². The zero-order valence-corrected chi connectivity index (χ0v) is 5.01. The third kappa shape index (κ3) is 6.02. The Labute approximate surface area is 45.5 Å². The van der Waals surface area contributed by atoms with Crippen LogP contribution in [0.3, 0.4) is 0 Å². The third-order valence-corrected chi connectivity index (χ3v) is 1.39. The normalized spacial score (nSPS) is 11.9. The maximum absolute atomic E-state index is 11.3. The molecule has 1 nitrogen and oxygen atoms in total. The molecular weight excluding hydrogens is 140 g/mol. The minimum absolute atomic E-state index is 0.301. The van der Waals surface area contributed by atoms with Crippen LogP contribution < -0.4 is 0 Å². The standard InChI is InChI=1S/C3H6F3OP/c4-2-1-3-8(5,6)7/h1-3H2. The molecular formula is C3H6F3OP. The molecule has 0 aliphatic heterocycles. The lowest BCUT2D eigenvalue weighted by Crippen LogP contribution is -1.80. The second kappa shape index (κ2) is 3.13. The summed E-state index contributed by atoms with van der Waals surface area (Å²) in [5, 5.41) is 0. The Hall–Kier alpha value is 0.0200. The van der Waals surface area contributed by atoms with E-state index in [1.807, 2.05) is 0 Å². The monoisotopic (exact) mass is 146 g/mol. The Morgan fingerprint density at radius 3 is 2.00 bits per heavy atom. The predicted octanol–water partition coefficient (Wildman–Crippen LogP) is 2.48. The molecule has 0 aliphatic carbocycles. The molecule has 0 unspecified atom stereocenters. The van der Waals surface area contributed by atoms with E-state index in [2.05, 4.69) is 0 Å². The molecule has 0 fully saturated rings. The van der Waals surface area contributed by atoms with Gasteiger partial charge in [0, 0.05) is 0 Å². The summed E-state index contributed by atoms with van der Waals surface area (Å²) in [6, 6.07) is 0. The molecule has 0 rings (SSSR count). The second-order valence-electron chi connectivity index (χ2n) is 1.34. The summed E-state index contributed by atoms with van der Waals surface area (Å²) in [5.74, 6) is 0. The van der Waals surface area contributed by atoms with E-state index in [1.165, 1.54) is 0 Å². The molecule has 0 saturated heterocycles. The van der Waals surface area contributed by atoms with Crippen LogP contribution in [0.4, 0.5) is 12.8 Å². The van der Waals surface area contributed by atoms with Gasteiger partial charge in [0.1, 0.15) is 0 Å². The molecule has 0 saturated carbocycles. The fourth-order valence-electron chi connectivity index (χ4n) is 0.244. The van der Waals surface area contributed by atoms with Gasteiger partial charge in [-0.25, -0.2) is 0 Å². The smallest absolute Gasteiger partial charge is 0.251 e. The molecule has 0 aromatic heterocycles. The van der Waals surface area contributed by atoms with Crippen molar-refractivity contribution in [3.63, 3.8) is 0 Å². The van der Waals surface area contributed by atoms with Crippen molar-refractivity contribution in [1.29, 1.82) is 0 Å². The van der Waals surface area contributed by atoms with Crippen LogP contribution in [-0.2, 0) is 4.57 Å². The maximum atomic E-state index is 11.3. The Balaban J connectivity index is 3.26. The van der Waals surface area contributed by atoms with Crippen LogP contribution in [-0.4, -0.2) is 12.8 Å². The van der Waals surface area contributed by atoms with Gasteiger partial charge in [-0.15, -0.1) is 0 Å². The molecule has 0 spiro atoms. The highest BCUT2D eigenvalue weighted by atomic mass is 31.2. The van der Waals surface area contributed by atoms with Crippen molar-refractivity contribution >= 4 is 7.76 Å². The van der Waals surface area contributed by atoms with E-state index >= 15 is 0 Å². The largest absolute Gasteiger partial charge is 0.402 e. The van der Waals surface area contributed by atoms with Gasteiger partial charge in [0.15, 0.2) is 0 Å². The summed E-state index contributed by atoms with van der Waals surface area (Å²) in [6.45, 7) is -0.822. The molecule has 8 heavy (non-hydrogen) atoms. The van der Waals surface area contributed by atoms with Crippen molar-refractivity contribution in [2.75, 3.05) is 12.8 Å². The molecule has 50 valence electrons. The minimum Gasteiger partial charge on any atom is -0.251 e. The van der Waals surface area contributed by atoms with E-state index in [0.717, 1.165) is 0 Å². The topological polar surface area (TPSA) is 17.1 Å². The molecule has 0 aliphatic rings. The van der Waals surface area contributed by atoms with Crippen LogP contribution in [0.2, 0.25) is 0 Å². The van der Waals surface area contributed by atoms with E-state index in [4.69, 9.17) is 0 Å². The molecule has 0 amide bonds. The highest BCUT2D eigenvalue weighted by Crippen LogP contribution is 2.49. The van der Waals surface area contributed by atoms with Crippen molar-refractivity contribution in [3.8, 4) is 0 Å². The highest BCUT2D eigenvalue weighted by Gasteiger charge is 2.16. The summed E-state index contributed by atoms with van der Waals surface area (Å²) in [4.78, 5) is 0. The first-order chi connectivity index (χ1) is 3.56. The number of rotatable bonds is 3. The number of hydrogen-bond donors (Lipinski definition) is 0. The lowest BCUT2D eigenvalue weighted by Gasteiger charge is -1.91. The first-order valence-electron chi connectivity index (χ1n) is 2.10. The summed E-state index contributed by atoms with van der Waals surface area (Å²) in [6.07, 6.45) is -1.09. The van der Waals surface area contributed by atoms with E-state index in [9.17, 15) is 17.3 Å². The van der Waals surface area contributed by atoms with Crippen LogP contribution in [0.1, 0.15) is 6.42 Å². The van der Waals surface area contributed by atoms with Crippen LogP contribution in [0.5, 0.6) is 0 Å². The van der Waals surface area contributed by atoms with Gasteiger partial charge in [-0.2, -0.15) is 8.39 Å². The number of hydrogen-bond acceptors (Lipinski definition) is 1. The minimum atomic E-state index is -4.92. The average molecular weight is 146 g/mol. The molecule has 5 heteroatoms. The maximum Gasteiger partial charge on any atom is 0.402 e. The van der Waals surface area contributed by atoms with Gasteiger partial charge in [-0.1, -0.05) is 0 Å². The average Bonchev–Trinajstić information content (AvgIpc) is 1.59. The summed E-state index contributed by atoms with van der Waals surface area (Å²) < 4.78 is 43.1. The lowest BCUT2D eigenvalue weighted by atomic mass is 10.6. The fourth-order valence-corrected chi connectivity index (χ4v) is 0.732. The first kappa shape index (κ1) is 8.02. The van der Waals surface area contributed by atoms with Crippen LogP contribution >= 0.6 is 7.76 Å². The predicted molar refractivity (Wildman–Crippen MR) is 25.3 cm³/mol. The van der Waals surface area contributed by atoms with E-state index in [-0.39, 0.29) is 6.42 Å². The van der Waals surface area contributed by atoms with E-state index < -0.39 is 20.6 Å². The van der Waals surface area contributed by atoms with Gasteiger partial charge in [0.05, 0.1) is 12.8 Å². The van der Waals surface area contributed by atoms with Gasteiger partial charge in [-0.3, -0.25) is 8.96 Å². The molecule has 0 aromatic carbocycles. The van der Waals surface area contributed by atoms with Crippen LogP contribution in [0.15, 0.2) is 0 Å². The number of halogens is 3. The second-order valence-corrected chi connectivity index (χ2v) is 2.92. The fraction of sp³-hybridized carbons (Fsp3) is 1.00. The van der Waals surface area contributed by atoms with Gasteiger partial charge in [0.2, 0.25) is 0 Å². The van der Waals surface area contributed by atoms with E-state index in [0.29, 0.717) is 0 Å². The van der Waals surface area contributed by atoms with Crippen molar-refractivity contribution in [1.82, 2.24) is 0 Å². The van der Waals surface area contributed by atoms with Gasteiger partial charge >= 0.3 is 7.76 Å². The summed E-state index contributed by atoms with van der Waals surface area (Å²) in [5.41, 5.74) is 0. The summed E-state index contributed by atoms with van der Waals surface area (Å²) in [7, 11) is -4.92. The molecule has 0 radical (unpaired) electrons. The SMILES string of the molecule is O=P(F)(F)CCCF. The summed E-state index contributed by atoms with van der Waals surface area (Å²) >= 11 is 0. The molecule has 0 atom stereocenters.